The van der Waals surface area contributed by atoms with Crippen molar-refractivity contribution in [2.45, 2.75) is 6.92 Å². The van der Waals surface area contributed by atoms with Crippen LogP contribution in [0.15, 0.2) is 0 Å². The summed E-state index contributed by atoms with van der Waals surface area (Å²) in [6.45, 7) is 2.05. The fourth-order valence-corrected chi connectivity index (χ4v) is 0.173. The van der Waals surface area contributed by atoms with Crippen molar-refractivity contribution in [1.82, 2.24) is 0 Å². The van der Waals surface area contributed by atoms with Crippen LogP contribution in [0.4, 0.5) is 0 Å². The zero-order valence-electron chi connectivity index (χ0n) is 5.10. The van der Waals surface area contributed by atoms with E-state index in [1.165, 1.54) is 0 Å². The third kappa shape index (κ3) is 6.67. The normalized spacial score (nSPS) is 6.00. The summed E-state index contributed by atoms with van der Waals surface area (Å²) in [6.07, 6.45) is 4.63. The van der Waals surface area contributed by atoms with E-state index >= 15 is 0 Å². The number of esters is 1. The Kier molecular flexibility index (Phi) is 11.0. The predicted molar refractivity (Wildman–Crippen MR) is 31.2 cm³/mol. The van der Waals surface area contributed by atoms with Gasteiger partial charge in [-0.1, -0.05) is 0 Å². The molecule has 0 heterocycles. The fraction of sp³-hybridized carbons (Fsp3) is 0.400. The molecular weight excluding hydrogens is 131 g/mol. The van der Waals surface area contributed by atoms with Gasteiger partial charge in [-0.05, 0) is 6.92 Å². The SMILES string of the molecule is C#CC(=O)OCC.[K]. The zero-order valence-corrected chi connectivity index (χ0v) is 8.22. The van der Waals surface area contributed by atoms with Crippen LogP contribution in [0.3, 0.4) is 0 Å². The Balaban J connectivity index is 0. The van der Waals surface area contributed by atoms with E-state index in [0.717, 1.165) is 0 Å². The van der Waals surface area contributed by atoms with Gasteiger partial charge in [-0.2, -0.15) is 0 Å². The average Bonchev–Trinajstić information content (AvgIpc) is 1.68. The Labute approximate surface area is 91.4 Å². The third-order valence-electron chi connectivity index (χ3n) is 0.393. The van der Waals surface area contributed by atoms with Crippen LogP contribution in [0.5, 0.6) is 0 Å². The minimum atomic E-state index is -0.595. The second-order valence-electron chi connectivity index (χ2n) is 0.865. The summed E-state index contributed by atoms with van der Waals surface area (Å²) in [5.41, 5.74) is 0. The zero-order chi connectivity index (χ0) is 5.70. The number of rotatable bonds is 1. The topological polar surface area (TPSA) is 26.3 Å². The van der Waals surface area contributed by atoms with Crippen molar-refractivity contribution in [3.8, 4) is 12.3 Å². The monoisotopic (exact) mass is 137 g/mol. The van der Waals surface area contributed by atoms with Gasteiger partial charge >= 0.3 is 5.97 Å². The van der Waals surface area contributed by atoms with Crippen molar-refractivity contribution in [2.24, 2.45) is 0 Å². The molecule has 0 rings (SSSR count). The molecule has 2 nitrogen and oxygen atoms in total. The molecule has 39 valence electrons. The van der Waals surface area contributed by atoms with Gasteiger partial charge < -0.3 is 4.74 Å². The Hall–Kier alpha value is 0.666. The fourth-order valence-electron chi connectivity index (χ4n) is 0.173. The van der Waals surface area contributed by atoms with Gasteiger partial charge in [0.1, 0.15) is 0 Å². The summed E-state index contributed by atoms with van der Waals surface area (Å²) < 4.78 is 4.32. The van der Waals surface area contributed by atoms with Crippen LogP contribution in [0, 0.1) is 12.3 Å². The number of carbonyl (C=O) groups excluding carboxylic acids is 1. The van der Waals surface area contributed by atoms with Gasteiger partial charge in [0.2, 0.25) is 0 Å². The van der Waals surface area contributed by atoms with Crippen molar-refractivity contribution < 1.29 is 9.53 Å². The van der Waals surface area contributed by atoms with Crippen molar-refractivity contribution in [3.05, 3.63) is 0 Å². The molecule has 0 saturated heterocycles. The molecule has 1 radical (unpaired) electrons. The predicted octanol–water partition coefficient (Wildman–Crippen LogP) is -0.198. The number of hydrogen-bond acceptors (Lipinski definition) is 2. The Morgan fingerprint density at radius 1 is 1.88 bits per heavy atom. The molecule has 0 aromatic carbocycles. The van der Waals surface area contributed by atoms with Crippen LogP contribution < -0.4 is 0 Å². The Morgan fingerprint density at radius 2 is 2.38 bits per heavy atom. The van der Waals surface area contributed by atoms with Gasteiger partial charge in [0, 0.05) is 57.3 Å². The van der Waals surface area contributed by atoms with E-state index in [4.69, 9.17) is 0 Å². The standard InChI is InChI=1S/C5H6O2.K/c1-3-5(6)7-4-2;/h1H,4H2,2H3;. The van der Waals surface area contributed by atoms with Crippen LogP contribution in [0.25, 0.3) is 0 Å². The van der Waals surface area contributed by atoms with E-state index in [-0.39, 0.29) is 51.4 Å². The van der Waals surface area contributed by atoms with Crippen LogP contribution in [-0.2, 0) is 9.53 Å². The largest absolute Gasteiger partial charge is 0.456 e. The van der Waals surface area contributed by atoms with E-state index < -0.39 is 5.97 Å². The first-order chi connectivity index (χ1) is 3.31. The minimum Gasteiger partial charge on any atom is -0.456 e. The van der Waals surface area contributed by atoms with Crippen molar-refractivity contribution in [1.29, 1.82) is 0 Å². The molecule has 8 heavy (non-hydrogen) atoms. The molecule has 0 aromatic rings. The first-order valence-corrected chi connectivity index (χ1v) is 1.94. The van der Waals surface area contributed by atoms with Gasteiger partial charge in [-0.15, -0.1) is 6.42 Å². The molecule has 0 amide bonds. The molecule has 0 N–H and O–H groups in total. The average molecular weight is 137 g/mol. The summed E-state index contributed by atoms with van der Waals surface area (Å²) in [5.74, 6) is 1.21. The molecule has 0 aliphatic rings. The first-order valence-electron chi connectivity index (χ1n) is 1.94. The number of carbonyl (C=O) groups is 1. The summed E-state index contributed by atoms with van der Waals surface area (Å²) in [4.78, 5) is 9.95. The summed E-state index contributed by atoms with van der Waals surface area (Å²) in [5, 5.41) is 0. The van der Waals surface area contributed by atoms with E-state index in [1.807, 2.05) is 0 Å². The van der Waals surface area contributed by atoms with E-state index in [0.29, 0.717) is 6.61 Å². The third-order valence-corrected chi connectivity index (χ3v) is 0.393. The van der Waals surface area contributed by atoms with Crippen LogP contribution >= 0.6 is 0 Å². The van der Waals surface area contributed by atoms with E-state index in [9.17, 15) is 4.79 Å². The molecule has 0 unspecified atom stereocenters. The van der Waals surface area contributed by atoms with Gasteiger partial charge in [-0.3, -0.25) is 0 Å². The number of terminal acetylenes is 1. The second-order valence-corrected chi connectivity index (χ2v) is 0.865. The van der Waals surface area contributed by atoms with Crippen molar-refractivity contribution in [2.75, 3.05) is 6.61 Å². The van der Waals surface area contributed by atoms with Crippen LogP contribution in [-0.4, -0.2) is 64.0 Å². The van der Waals surface area contributed by atoms with Gasteiger partial charge in [0.15, 0.2) is 0 Å². The number of hydrogen-bond donors (Lipinski definition) is 0. The van der Waals surface area contributed by atoms with Crippen molar-refractivity contribution in [3.63, 3.8) is 0 Å². The molecule has 0 aromatic heterocycles. The van der Waals surface area contributed by atoms with Crippen LogP contribution in [0.1, 0.15) is 6.92 Å². The molecule has 0 aliphatic carbocycles. The molecule has 0 bridgehead atoms. The Bertz CT molecular complexity index is 103. The molecule has 0 fully saturated rings. The molecule has 0 spiro atoms. The van der Waals surface area contributed by atoms with Crippen LogP contribution in [0.2, 0.25) is 0 Å². The molecule has 0 saturated carbocycles. The smallest absolute Gasteiger partial charge is 0.384 e. The van der Waals surface area contributed by atoms with E-state index in [2.05, 4.69) is 11.2 Å². The maximum absolute atomic E-state index is 9.95. The summed E-state index contributed by atoms with van der Waals surface area (Å²) in [7, 11) is 0. The molecular formula is C5H6KO2. The molecule has 0 aliphatic heterocycles. The quantitative estimate of drug-likeness (QED) is 0.216. The Morgan fingerprint density at radius 3 is 2.50 bits per heavy atom. The maximum atomic E-state index is 9.95. The van der Waals surface area contributed by atoms with Crippen molar-refractivity contribution >= 4 is 57.4 Å². The maximum Gasteiger partial charge on any atom is 0.384 e. The van der Waals surface area contributed by atoms with Gasteiger partial charge in [-0.25, -0.2) is 4.79 Å². The van der Waals surface area contributed by atoms with E-state index in [1.54, 1.807) is 12.8 Å². The second kappa shape index (κ2) is 7.67. The summed E-state index contributed by atoms with van der Waals surface area (Å²) >= 11 is 0. The van der Waals surface area contributed by atoms with Gasteiger partial charge in [0.05, 0.1) is 6.61 Å². The minimum absolute atomic E-state index is 0. The molecule has 3 heteroatoms. The first kappa shape index (κ1) is 11.5. The number of ether oxygens (including phenoxy) is 1. The summed E-state index contributed by atoms with van der Waals surface area (Å²) in [6, 6.07) is 0. The molecule has 0 atom stereocenters. The van der Waals surface area contributed by atoms with Gasteiger partial charge in [0.25, 0.3) is 0 Å².